The van der Waals surface area contributed by atoms with Gasteiger partial charge in [0, 0.05) is 23.9 Å². The maximum absolute atomic E-state index is 11.6. The average Bonchev–Trinajstić information content (AvgIpc) is 2.85. The molecule has 2 rings (SSSR count). The summed E-state index contributed by atoms with van der Waals surface area (Å²) in [6.45, 7) is 1.15. The lowest BCUT2D eigenvalue weighted by Gasteiger charge is -2.19. The van der Waals surface area contributed by atoms with Gasteiger partial charge in [-0.05, 0) is 37.1 Å². The average molecular weight is 318 g/mol. The van der Waals surface area contributed by atoms with Crippen LogP contribution in [0.2, 0.25) is 5.02 Å². The van der Waals surface area contributed by atoms with E-state index in [1.807, 2.05) is 12.1 Å². The first-order chi connectivity index (χ1) is 9.47. The van der Waals surface area contributed by atoms with E-state index in [-0.39, 0.29) is 11.3 Å². The maximum Gasteiger partial charge on any atom is 0.151 e. The summed E-state index contributed by atoms with van der Waals surface area (Å²) in [5.41, 5.74) is 0. The topological polar surface area (TPSA) is 55.4 Å². The first kappa shape index (κ1) is 15.6. The Kier molecular flexibility index (Phi) is 5.29. The Labute approximate surface area is 125 Å². The number of rotatable bonds is 6. The van der Waals surface area contributed by atoms with Crippen molar-refractivity contribution in [3.8, 4) is 5.75 Å². The highest BCUT2D eigenvalue weighted by Crippen LogP contribution is 2.24. The van der Waals surface area contributed by atoms with E-state index in [1.165, 1.54) is 6.26 Å². The highest BCUT2D eigenvalue weighted by Gasteiger charge is 2.34. The van der Waals surface area contributed by atoms with Gasteiger partial charge in [-0.25, -0.2) is 8.42 Å². The molecular formula is C14H20ClNO3S. The third kappa shape index (κ3) is 4.36. The van der Waals surface area contributed by atoms with Crippen molar-refractivity contribution >= 4 is 21.4 Å². The normalized spacial score (nSPS) is 22.9. The molecule has 2 atom stereocenters. The number of ether oxygens (including phenoxy) is 1. The fraction of sp³-hybridized carbons (Fsp3) is 0.571. The first-order valence-corrected chi connectivity index (χ1v) is 9.11. The van der Waals surface area contributed by atoms with Crippen molar-refractivity contribution < 1.29 is 13.2 Å². The van der Waals surface area contributed by atoms with Gasteiger partial charge in [-0.3, -0.25) is 0 Å². The molecule has 0 radical (unpaired) electrons. The lowest BCUT2D eigenvalue weighted by Crippen LogP contribution is -2.41. The van der Waals surface area contributed by atoms with Gasteiger partial charge in [-0.2, -0.15) is 0 Å². The number of halogens is 1. The smallest absolute Gasteiger partial charge is 0.151 e. The van der Waals surface area contributed by atoms with Crippen LogP contribution in [0.4, 0.5) is 0 Å². The molecular weight excluding hydrogens is 298 g/mol. The zero-order valence-corrected chi connectivity index (χ0v) is 13.1. The SMILES string of the molecule is CS(=O)(=O)C1CCCC1NCCOc1ccc(Cl)cc1. The molecule has 6 heteroatoms. The minimum absolute atomic E-state index is 0.0545. The molecule has 112 valence electrons. The number of hydrogen-bond donors (Lipinski definition) is 1. The summed E-state index contributed by atoms with van der Waals surface area (Å²) in [5.74, 6) is 0.766. The monoisotopic (exact) mass is 317 g/mol. The van der Waals surface area contributed by atoms with Crippen LogP contribution in [0.3, 0.4) is 0 Å². The summed E-state index contributed by atoms with van der Waals surface area (Å²) >= 11 is 5.79. The molecule has 2 unspecified atom stereocenters. The second kappa shape index (κ2) is 6.78. The summed E-state index contributed by atoms with van der Waals surface area (Å²) in [6.07, 6.45) is 3.96. The zero-order chi connectivity index (χ0) is 14.6. The molecule has 1 N–H and O–H groups in total. The summed E-state index contributed by atoms with van der Waals surface area (Å²) in [5, 5.41) is 3.72. The Hall–Kier alpha value is -0.780. The van der Waals surface area contributed by atoms with Crippen LogP contribution in [0.15, 0.2) is 24.3 Å². The number of nitrogens with one attached hydrogen (secondary N) is 1. The van der Waals surface area contributed by atoms with Crippen LogP contribution >= 0.6 is 11.6 Å². The molecule has 0 heterocycles. The molecule has 0 saturated heterocycles. The summed E-state index contributed by atoms with van der Waals surface area (Å²) in [4.78, 5) is 0. The third-order valence-electron chi connectivity index (χ3n) is 3.59. The molecule has 0 amide bonds. The van der Waals surface area contributed by atoms with Gasteiger partial charge in [-0.15, -0.1) is 0 Å². The molecule has 0 aliphatic heterocycles. The standard InChI is InChI=1S/C14H20ClNO3S/c1-20(17,18)14-4-2-3-13(14)16-9-10-19-12-7-5-11(15)6-8-12/h5-8,13-14,16H,2-4,9-10H2,1H3. The Morgan fingerprint density at radius 1 is 1.30 bits per heavy atom. The van der Waals surface area contributed by atoms with E-state index in [4.69, 9.17) is 16.3 Å². The highest BCUT2D eigenvalue weighted by molar-refractivity contribution is 7.91. The maximum atomic E-state index is 11.6. The minimum atomic E-state index is -2.96. The van der Waals surface area contributed by atoms with Gasteiger partial charge in [0.1, 0.15) is 12.4 Å². The van der Waals surface area contributed by atoms with Crippen LogP contribution < -0.4 is 10.1 Å². The Balaban J connectivity index is 1.74. The van der Waals surface area contributed by atoms with E-state index in [1.54, 1.807) is 12.1 Å². The number of hydrogen-bond acceptors (Lipinski definition) is 4. The van der Waals surface area contributed by atoms with Crippen molar-refractivity contribution in [1.82, 2.24) is 5.32 Å². The van der Waals surface area contributed by atoms with E-state index in [2.05, 4.69) is 5.32 Å². The van der Waals surface area contributed by atoms with Crippen LogP contribution in [0, 0.1) is 0 Å². The Morgan fingerprint density at radius 2 is 2.00 bits per heavy atom. The van der Waals surface area contributed by atoms with Crippen LogP contribution in [0.25, 0.3) is 0 Å². The highest BCUT2D eigenvalue weighted by atomic mass is 35.5. The lowest BCUT2D eigenvalue weighted by molar-refractivity contribution is 0.305. The largest absolute Gasteiger partial charge is 0.492 e. The second-order valence-electron chi connectivity index (χ2n) is 5.16. The summed E-state index contributed by atoms with van der Waals surface area (Å²) in [6, 6.07) is 7.25. The summed E-state index contributed by atoms with van der Waals surface area (Å²) in [7, 11) is -2.96. The van der Waals surface area contributed by atoms with E-state index < -0.39 is 9.84 Å². The fourth-order valence-corrected chi connectivity index (χ4v) is 4.17. The van der Waals surface area contributed by atoms with Crippen molar-refractivity contribution in [2.75, 3.05) is 19.4 Å². The number of benzene rings is 1. The van der Waals surface area contributed by atoms with Crippen molar-refractivity contribution in [2.45, 2.75) is 30.6 Å². The van der Waals surface area contributed by atoms with Gasteiger partial charge in [0.05, 0.1) is 5.25 Å². The molecule has 1 aromatic carbocycles. The van der Waals surface area contributed by atoms with Crippen LogP contribution in [0.5, 0.6) is 5.75 Å². The molecule has 1 saturated carbocycles. The Morgan fingerprint density at radius 3 is 2.65 bits per heavy atom. The van der Waals surface area contributed by atoms with E-state index in [0.29, 0.717) is 18.2 Å². The molecule has 0 aromatic heterocycles. The molecule has 1 aromatic rings. The van der Waals surface area contributed by atoms with Crippen molar-refractivity contribution in [1.29, 1.82) is 0 Å². The van der Waals surface area contributed by atoms with Crippen molar-refractivity contribution in [3.63, 3.8) is 0 Å². The molecule has 1 aliphatic carbocycles. The molecule has 1 aliphatic rings. The second-order valence-corrected chi connectivity index (χ2v) is 7.86. The van der Waals surface area contributed by atoms with Crippen molar-refractivity contribution in [2.24, 2.45) is 0 Å². The van der Waals surface area contributed by atoms with Gasteiger partial charge in [0.25, 0.3) is 0 Å². The lowest BCUT2D eigenvalue weighted by atomic mass is 10.2. The van der Waals surface area contributed by atoms with Gasteiger partial charge in [0.2, 0.25) is 0 Å². The van der Waals surface area contributed by atoms with Gasteiger partial charge < -0.3 is 10.1 Å². The first-order valence-electron chi connectivity index (χ1n) is 6.77. The molecule has 0 spiro atoms. The van der Waals surface area contributed by atoms with Crippen LogP contribution in [0.1, 0.15) is 19.3 Å². The minimum Gasteiger partial charge on any atom is -0.492 e. The quantitative estimate of drug-likeness (QED) is 0.818. The summed E-state index contributed by atoms with van der Waals surface area (Å²) < 4.78 is 28.9. The molecule has 20 heavy (non-hydrogen) atoms. The Bertz CT molecular complexity index is 530. The number of sulfone groups is 1. The van der Waals surface area contributed by atoms with Crippen LogP contribution in [-0.2, 0) is 9.84 Å². The van der Waals surface area contributed by atoms with Crippen LogP contribution in [-0.4, -0.2) is 39.1 Å². The zero-order valence-electron chi connectivity index (χ0n) is 11.5. The van der Waals surface area contributed by atoms with E-state index >= 15 is 0 Å². The van der Waals surface area contributed by atoms with Gasteiger partial charge in [0.15, 0.2) is 9.84 Å². The van der Waals surface area contributed by atoms with E-state index in [0.717, 1.165) is 25.0 Å². The molecule has 0 bridgehead atoms. The van der Waals surface area contributed by atoms with E-state index in [9.17, 15) is 8.42 Å². The predicted octanol–water partition coefficient (Wildman–Crippen LogP) is 2.27. The van der Waals surface area contributed by atoms with Crippen molar-refractivity contribution in [3.05, 3.63) is 29.3 Å². The van der Waals surface area contributed by atoms with Gasteiger partial charge >= 0.3 is 0 Å². The van der Waals surface area contributed by atoms with Gasteiger partial charge in [-0.1, -0.05) is 18.0 Å². The predicted molar refractivity (Wildman–Crippen MR) is 81.2 cm³/mol. The third-order valence-corrected chi connectivity index (χ3v) is 5.51. The fourth-order valence-electron chi connectivity index (χ4n) is 2.62. The molecule has 1 fully saturated rings. The molecule has 4 nitrogen and oxygen atoms in total.